The maximum absolute atomic E-state index is 8.35. The highest BCUT2D eigenvalue weighted by atomic mass is 15.0. The standard InChI is InChI=1S/C34H37N2.C34H36N.C28H34N.C26H30N/c1-21(2)36-32-8-6-5-7-28(32)31-17-22(3)29(20-33(31)36)34-27-14-13-25(19-26(27)15-16-35(34)4)30-18-23-9-11-24(30)12-10-23;1-21-17-30-27-7-5-6-8-31(27)34(2,3)32(30)20-28(21)33-26-14-13-24(19-25(26)15-16-35(33)4)29-18-22-9-11-23(29)12-10-22;1-5-21-14-18(2)15-26(19(21)3)28-25-11-10-23(17-24(25)12-13-29(28)4)27-16-20-6-8-22(27)9-7-20;1-17-5-4-6-23(18(17)2)26-24-12-11-21(16-22(24)13-14-27(26)3)25-15-19-7-9-20(25)10-8-19/h5-8,13-17,19-21,23-24,30H,9-12,18H2,1-4H3;5-8,13-17,19-20,22-23,29H,9-12,18H2,1-4H3;10-15,17,20,22,27H,5-9,16H2,1-4H3;4-6,11-14,16,19-20,25H,7-10,15H2,1-3H3/q4*+1/i;;2D3,5D2;4D. The minimum Gasteiger partial charge on any atom is -0.338 e. The van der Waals surface area contributed by atoms with Gasteiger partial charge >= 0.3 is 0 Å². The fourth-order valence-corrected chi connectivity index (χ4v) is 27.2. The number of para-hydroxylation sites is 1. The monoisotopic (exact) mass is 1680 g/mol. The van der Waals surface area contributed by atoms with Crippen LogP contribution in [0.1, 0.15) is 273 Å². The van der Waals surface area contributed by atoms with Gasteiger partial charge in [0.15, 0.2) is 24.8 Å². The normalized spacial score (nSPS) is 24.3. The van der Waals surface area contributed by atoms with E-state index in [1.54, 1.807) is 22.8 Å². The van der Waals surface area contributed by atoms with Gasteiger partial charge in [-0.3, -0.25) is 0 Å². The zero-order chi connectivity index (χ0) is 92.3. The molecule has 12 fully saturated rings. The second kappa shape index (κ2) is 33.6. The van der Waals surface area contributed by atoms with Crippen molar-refractivity contribution in [1.82, 2.24) is 4.57 Å². The van der Waals surface area contributed by atoms with Crippen LogP contribution in [0.4, 0.5) is 0 Å². The lowest BCUT2D eigenvalue weighted by molar-refractivity contribution is -0.659. The molecule has 8 bridgehead atoms. The van der Waals surface area contributed by atoms with Crippen LogP contribution in [0, 0.1) is 88.8 Å². The van der Waals surface area contributed by atoms with Crippen LogP contribution in [0.5, 0.6) is 0 Å². The smallest absolute Gasteiger partial charge is 0.220 e. The molecule has 28 rings (SSSR count). The Labute approximate surface area is 766 Å². The number of hydrogen-bond acceptors (Lipinski definition) is 0. The van der Waals surface area contributed by atoms with Crippen LogP contribution in [0.2, 0.25) is 0 Å². The van der Waals surface area contributed by atoms with Crippen molar-refractivity contribution in [2.45, 2.75) is 246 Å². The van der Waals surface area contributed by atoms with Gasteiger partial charge in [0.2, 0.25) is 22.8 Å². The largest absolute Gasteiger partial charge is 0.338 e. The Hall–Kier alpha value is -10.4. The Bertz CT molecular complexity index is 7100. The SMILES string of the molecule is Cc1cc2c(cc1-c1c3ccc(C4CC5CCC4CC5)cc3cc[n+]1C)C(C)(C)c1ccccc1-2.Cc1cc2c3ccccc3n(C(C)C)c2cc1-c1c2ccc(C3CC4CCC3CC4)cc2cc[n+]1C.[2H]C([2H])([2H])c1cc(-c2c3ccc(C4CC5CCC4CC5)cc3cc[n+]2C)c(C)c(C([2H])([2H])C)c1.[2H]c1cc(C)c(C)c(-c2c3ccc(C4CC5CCC4CC5)cc3cc[n+]2C)c1. The quantitative estimate of drug-likeness (QED) is 0.122. The van der Waals surface area contributed by atoms with Gasteiger partial charge in [0.05, 0.1) is 45.1 Å². The molecule has 5 heteroatoms. The van der Waals surface area contributed by atoms with Crippen molar-refractivity contribution in [1.29, 1.82) is 0 Å². The van der Waals surface area contributed by atoms with Gasteiger partial charge in [0.25, 0.3) is 0 Å². The first kappa shape index (κ1) is 76.7. The molecule has 0 amide bonds. The first-order valence-corrected chi connectivity index (χ1v) is 49.1. The molecule has 5 heterocycles. The molecule has 0 spiro atoms. The summed E-state index contributed by atoms with van der Waals surface area (Å²) in [4.78, 5) is 0. The summed E-state index contributed by atoms with van der Waals surface area (Å²) in [6, 6.07) is 73.7. The van der Waals surface area contributed by atoms with E-state index in [2.05, 4.69) is 283 Å². The molecule has 5 aromatic heterocycles. The number of benzene rings is 10. The van der Waals surface area contributed by atoms with Crippen LogP contribution in [0.3, 0.4) is 0 Å². The predicted molar refractivity (Wildman–Crippen MR) is 532 cm³/mol. The molecule has 13 aliphatic carbocycles. The molecule has 127 heavy (non-hydrogen) atoms. The van der Waals surface area contributed by atoms with Gasteiger partial charge < -0.3 is 4.57 Å². The molecule has 0 saturated heterocycles. The molecule has 12 saturated carbocycles. The average Bonchev–Trinajstić information content (AvgIpc) is 1.62. The molecular weight excluding hydrogens is 1540 g/mol. The lowest BCUT2D eigenvalue weighted by Gasteiger charge is -2.42. The molecular formula is C122H137N5+4. The molecule has 10 aromatic carbocycles. The molecule has 0 N–H and O–H groups in total. The minimum atomic E-state index is -2.31. The maximum atomic E-state index is 8.35. The van der Waals surface area contributed by atoms with E-state index in [1.165, 1.54) is 279 Å². The first-order chi connectivity index (χ1) is 63.8. The number of nitrogens with zero attached hydrogens (tertiary/aromatic N) is 5. The molecule has 4 atom stereocenters. The third kappa shape index (κ3) is 15.0. The predicted octanol–water partition coefficient (Wildman–Crippen LogP) is 29.9. The zero-order valence-electron chi connectivity index (χ0n) is 84.2. The highest BCUT2D eigenvalue weighted by Gasteiger charge is 2.43. The van der Waals surface area contributed by atoms with Gasteiger partial charge in [-0.25, -0.2) is 18.3 Å². The van der Waals surface area contributed by atoms with E-state index in [-0.39, 0.29) is 11.0 Å². The van der Waals surface area contributed by atoms with Crippen molar-refractivity contribution >= 4 is 64.9 Å². The molecule has 15 aromatic rings. The van der Waals surface area contributed by atoms with Crippen molar-refractivity contribution < 1.29 is 26.5 Å². The maximum Gasteiger partial charge on any atom is 0.220 e. The van der Waals surface area contributed by atoms with Crippen molar-refractivity contribution in [2.75, 3.05) is 0 Å². The first-order valence-electron chi connectivity index (χ1n) is 52.1. The molecule has 646 valence electrons. The highest BCUT2D eigenvalue weighted by Crippen LogP contribution is 2.56. The Morgan fingerprint density at radius 1 is 0.362 bits per heavy atom. The Morgan fingerprint density at radius 2 is 0.772 bits per heavy atom. The van der Waals surface area contributed by atoms with Crippen molar-refractivity contribution in [2.24, 2.45) is 75.5 Å². The lowest BCUT2D eigenvalue weighted by Crippen LogP contribution is -2.31. The molecule has 5 nitrogen and oxygen atoms in total. The van der Waals surface area contributed by atoms with Gasteiger partial charge in [-0.05, 0) is 375 Å². The van der Waals surface area contributed by atoms with Gasteiger partial charge in [0.1, 0.15) is 28.2 Å². The summed E-state index contributed by atoms with van der Waals surface area (Å²) >= 11 is 0. The second-order valence-corrected chi connectivity index (χ2v) is 42.2. The molecule has 0 radical (unpaired) electrons. The Kier molecular flexibility index (Phi) is 20.3. The van der Waals surface area contributed by atoms with Crippen LogP contribution in [-0.2, 0) is 40.0 Å². The average molecular weight is 1680 g/mol. The van der Waals surface area contributed by atoms with Gasteiger partial charge in [-0.2, -0.15) is 0 Å². The summed E-state index contributed by atoms with van der Waals surface area (Å²) in [5.74, 6) is 10.2. The van der Waals surface area contributed by atoms with Crippen molar-refractivity contribution in [3.8, 4) is 56.2 Å². The van der Waals surface area contributed by atoms with Gasteiger partial charge in [0, 0.05) is 64.4 Å². The summed E-state index contributed by atoms with van der Waals surface area (Å²) in [6.45, 7) is 19.3. The zero-order valence-corrected chi connectivity index (χ0v) is 78.2. The third-order valence-electron chi connectivity index (χ3n) is 34.3. The fourth-order valence-electron chi connectivity index (χ4n) is 27.2. The van der Waals surface area contributed by atoms with E-state index in [4.69, 9.17) is 8.22 Å². The van der Waals surface area contributed by atoms with Crippen LogP contribution < -0.4 is 18.3 Å². The summed E-state index contributed by atoms with van der Waals surface area (Å²) in [5.41, 5.74) is 30.6. The third-order valence-corrected chi connectivity index (χ3v) is 34.3. The van der Waals surface area contributed by atoms with Gasteiger partial charge in [-0.15, -0.1) is 0 Å². The molecule has 4 unspecified atom stereocenters. The van der Waals surface area contributed by atoms with E-state index >= 15 is 0 Å². The van der Waals surface area contributed by atoms with E-state index < -0.39 is 13.2 Å². The van der Waals surface area contributed by atoms with Crippen LogP contribution in [-0.4, -0.2) is 4.57 Å². The topological polar surface area (TPSA) is 20.4 Å². The van der Waals surface area contributed by atoms with Gasteiger partial charge in [-0.1, -0.05) is 187 Å². The Morgan fingerprint density at radius 3 is 1.20 bits per heavy atom. The van der Waals surface area contributed by atoms with Crippen LogP contribution in [0.15, 0.2) is 225 Å². The number of aromatic nitrogens is 5. The Balaban J connectivity index is 0.000000107. The van der Waals surface area contributed by atoms with E-state index in [0.29, 0.717) is 23.6 Å². The lowest BCUT2D eigenvalue weighted by atomic mass is 9.63. The summed E-state index contributed by atoms with van der Waals surface area (Å²) < 4.78 is 60.3. The molecule has 13 aliphatic rings. The molecule has 0 aliphatic heterocycles. The number of pyridine rings is 4. The highest BCUT2D eigenvalue weighted by molar-refractivity contribution is 6.10. The second-order valence-electron chi connectivity index (χ2n) is 42.2. The number of hydrogen-bond donors (Lipinski definition) is 0. The van der Waals surface area contributed by atoms with Crippen LogP contribution in [0.25, 0.3) is 121 Å². The summed E-state index contributed by atoms with van der Waals surface area (Å²) in [6.07, 6.45) is 35.5. The van der Waals surface area contributed by atoms with Crippen molar-refractivity contribution in [3.05, 3.63) is 297 Å². The summed E-state index contributed by atoms with van der Waals surface area (Å²) in [5, 5.41) is 13.1. The van der Waals surface area contributed by atoms with Crippen LogP contribution >= 0.6 is 0 Å². The fraction of sp³-hybridized carbons (Fsp3) is 0.410. The number of aryl methyl sites for hydroxylation is 9. The van der Waals surface area contributed by atoms with E-state index in [0.717, 1.165) is 92.7 Å². The van der Waals surface area contributed by atoms with E-state index in [9.17, 15) is 0 Å². The minimum absolute atomic E-state index is 0.0188. The number of fused-ring (bicyclic) bond motifs is 22. The van der Waals surface area contributed by atoms with Crippen molar-refractivity contribution in [3.63, 3.8) is 0 Å². The van der Waals surface area contributed by atoms with E-state index in [1.807, 2.05) is 36.9 Å². The summed E-state index contributed by atoms with van der Waals surface area (Å²) in [7, 11) is 8.50. The number of rotatable bonds is 10.